The number of nitrogens with one attached hydrogen (secondary N) is 4. The SMILES string of the molecule is CC[C@H](C1CNCC(F)C1)N1CNC2CN(C3CNNC(=O)C3Cl)CCC21. The van der Waals surface area contributed by atoms with Crippen LogP contribution >= 0.6 is 11.6 Å². The maximum Gasteiger partial charge on any atom is 0.253 e. The third-order valence-corrected chi connectivity index (χ3v) is 7.36. The molecular formula is C18H32ClFN6O. The highest BCUT2D eigenvalue weighted by Crippen LogP contribution is 2.31. The molecule has 0 saturated carbocycles. The molecule has 0 aliphatic carbocycles. The van der Waals surface area contributed by atoms with Crippen LogP contribution in [-0.4, -0.2) is 90.8 Å². The largest absolute Gasteiger partial charge is 0.314 e. The summed E-state index contributed by atoms with van der Waals surface area (Å²) in [5.41, 5.74) is 5.57. The molecule has 7 atom stereocenters. The fraction of sp³-hybridized carbons (Fsp3) is 0.944. The van der Waals surface area contributed by atoms with Gasteiger partial charge in [-0.3, -0.25) is 25.3 Å². The minimum Gasteiger partial charge on any atom is -0.314 e. The van der Waals surface area contributed by atoms with Crippen LogP contribution in [0.4, 0.5) is 4.39 Å². The Kier molecular flexibility index (Phi) is 6.21. The lowest BCUT2D eigenvalue weighted by molar-refractivity contribution is -0.125. The van der Waals surface area contributed by atoms with Crippen LogP contribution in [0.25, 0.3) is 0 Å². The predicted octanol–water partition coefficient (Wildman–Crippen LogP) is -0.371. The molecule has 0 radical (unpaired) electrons. The second-order valence-electron chi connectivity index (χ2n) is 8.40. The fourth-order valence-electron chi connectivity index (χ4n) is 5.52. The highest BCUT2D eigenvalue weighted by atomic mass is 35.5. The minimum absolute atomic E-state index is 0.0222. The molecule has 0 aromatic carbocycles. The van der Waals surface area contributed by atoms with Crippen molar-refractivity contribution in [2.24, 2.45) is 5.92 Å². The zero-order valence-electron chi connectivity index (χ0n) is 16.0. The van der Waals surface area contributed by atoms with Gasteiger partial charge in [-0.25, -0.2) is 9.82 Å². The molecule has 4 fully saturated rings. The van der Waals surface area contributed by atoms with Crippen molar-refractivity contribution in [2.45, 2.75) is 61.9 Å². The maximum atomic E-state index is 13.9. The highest BCUT2D eigenvalue weighted by Gasteiger charge is 2.45. The zero-order chi connectivity index (χ0) is 19.0. The van der Waals surface area contributed by atoms with Gasteiger partial charge in [0.1, 0.15) is 11.5 Å². The Morgan fingerprint density at radius 3 is 2.93 bits per heavy atom. The lowest BCUT2D eigenvalue weighted by Crippen LogP contribution is -2.65. The van der Waals surface area contributed by atoms with Gasteiger partial charge in [0.05, 0.1) is 0 Å². The van der Waals surface area contributed by atoms with E-state index in [-0.39, 0.29) is 11.9 Å². The summed E-state index contributed by atoms with van der Waals surface area (Å²) in [5, 5.41) is 6.42. The molecule has 6 unspecified atom stereocenters. The van der Waals surface area contributed by atoms with Gasteiger partial charge in [0.2, 0.25) is 0 Å². The van der Waals surface area contributed by atoms with Crippen molar-refractivity contribution < 1.29 is 9.18 Å². The Morgan fingerprint density at radius 1 is 1.30 bits per heavy atom. The first-order chi connectivity index (χ1) is 13.1. The van der Waals surface area contributed by atoms with Gasteiger partial charge in [0, 0.05) is 57.0 Å². The van der Waals surface area contributed by atoms with Crippen LogP contribution in [0.3, 0.4) is 0 Å². The third-order valence-electron chi connectivity index (χ3n) is 6.87. The van der Waals surface area contributed by atoms with Crippen molar-refractivity contribution in [2.75, 3.05) is 39.4 Å². The highest BCUT2D eigenvalue weighted by molar-refractivity contribution is 6.31. The zero-order valence-corrected chi connectivity index (χ0v) is 16.7. The molecule has 9 heteroatoms. The smallest absolute Gasteiger partial charge is 0.253 e. The summed E-state index contributed by atoms with van der Waals surface area (Å²) < 4.78 is 13.9. The van der Waals surface area contributed by atoms with Gasteiger partial charge in [0.15, 0.2) is 0 Å². The third kappa shape index (κ3) is 3.97. The van der Waals surface area contributed by atoms with E-state index in [1.807, 2.05) is 0 Å². The lowest BCUT2D eigenvalue weighted by Gasteiger charge is -2.46. The number of halogens is 2. The quantitative estimate of drug-likeness (QED) is 0.481. The number of hydrogen-bond donors (Lipinski definition) is 4. The Labute approximate surface area is 165 Å². The van der Waals surface area contributed by atoms with E-state index in [0.717, 1.165) is 39.1 Å². The number of fused-ring (bicyclic) bond motifs is 1. The van der Waals surface area contributed by atoms with E-state index in [9.17, 15) is 9.18 Å². The molecule has 0 spiro atoms. The summed E-state index contributed by atoms with van der Waals surface area (Å²) in [6.07, 6.45) is 2.04. The molecule has 1 amide bonds. The van der Waals surface area contributed by atoms with Gasteiger partial charge < -0.3 is 5.32 Å². The van der Waals surface area contributed by atoms with Crippen LogP contribution in [0.15, 0.2) is 0 Å². The van der Waals surface area contributed by atoms with Crippen LogP contribution in [-0.2, 0) is 4.79 Å². The normalized spacial score (nSPS) is 42.6. The molecule has 4 aliphatic heterocycles. The maximum absolute atomic E-state index is 13.9. The van der Waals surface area contributed by atoms with Crippen LogP contribution in [0.2, 0.25) is 0 Å². The number of likely N-dealkylation sites (tertiary alicyclic amines) is 1. The average molecular weight is 403 g/mol. The molecule has 0 aromatic rings. The molecule has 4 rings (SSSR count). The van der Waals surface area contributed by atoms with Crippen molar-refractivity contribution in [3.63, 3.8) is 0 Å². The monoisotopic (exact) mass is 402 g/mol. The van der Waals surface area contributed by atoms with E-state index in [1.54, 1.807) is 0 Å². The van der Waals surface area contributed by atoms with E-state index in [1.165, 1.54) is 0 Å². The fourth-order valence-corrected chi connectivity index (χ4v) is 5.83. The standard InChI is InChI=1S/C18H32ClFN6O/c1-2-14(11-5-12(20)7-21-6-11)26-10-22-13-9-25(4-3-15(13)26)16-8-23-24-18(27)17(16)19/h11-17,21-23H,2-10H2,1H3,(H,24,27)/t11?,12?,13?,14-,15?,16?,17?/m1/s1. The predicted molar refractivity (Wildman–Crippen MR) is 103 cm³/mol. The van der Waals surface area contributed by atoms with Crippen LogP contribution < -0.4 is 21.5 Å². The summed E-state index contributed by atoms with van der Waals surface area (Å²) in [7, 11) is 0. The lowest BCUT2D eigenvalue weighted by atomic mass is 9.86. The molecule has 0 bridgehead atoms. The van der Waals surface area contributed by atoms with Gasteiger partial charge >= 0.3 is 0 Å². The van der Waals surface area contributed by atoms with Gasteiger partial charge in [-0.05, 0) is 31.7 Å². The topological polar surface area (TPSA) is 71.7 Å². The van der Waals surface area contributed by atoms with Gasteiger partial charge in [0.25, 0.3) is 5.91 Å². The van der Waals surface area contributed by atoms with Crippen molar-refractivity contribution in [3.05, 3.63) is 0 Å². The van der Waals surface area contributed by atoms with Crippen LogP contribution in [0.1, 0.15) is 26.2 Å². The number of hydrazine groups is 1. The molecule has 4 N–H and O–H groups in total. The van der Waals surface area contributed by atoms with Gasteiger partial charge in [-0.15, -0.1) is 11.6 Å². The Hall–Kier alpha value is -0.510. The number of carbonyl (C=O) groups excluding carboxylic acids is 1. The molecule has 4 saturated heterocycles. The van der Waals surface area contributed by atoms with Crippen LogP contribution in [0.5, 0.6) is 0 Å². The Balaban J connectivity index is 1.39. The Morgan fingerprint density at radius 2 is 2.15 bits per heavy atom. The first kappa shape index (κ1) is 19.8. The van der Waals surface area contributed by atoms with Crippen molar-refractivity contribution in [1.29, 1.82) is 0 Å². The van der Waals surface area contributed by atoms with E-state index in [0.29, 0.717) is 43.6 Å². The van der Waals surface area contributed by atoms with Crippen molar-refractivity contribution in [3.8, 4) is 0 Å². The summed E-state index contributed by atoms with van der Waals surface area (Å²) >= 11 is 6.36. The Bertz CT molecular complexity index is 542. The summed E-state index contributed by atoms with van der Waals surface area (Å²) in [5.74, 6) is 0.225. The van der Waals surface area contributed by atoms with Gasteiger partial charge in [-0.1, -0.05) is 6.92 Å². The van der Waals surface area contributed by atoms with E-state index in [4.69, 9.17) is 11.6 Å². The number of alkyl halides is 2. The molecule has 7 nitrogen and oxygen atoms in total. The van der Waals surface area contributed by atoms with Crippen LogP contribution in [0, 0.1) is 5.92 Å². The van der Waals surface area contributed by atoms with Gasteiger partial charge in [-0.2, -0.15) is 0 Å². The van der Waals surface area contributed by atoms with E-state index < -0.39 is 11.5 Å². The van der Waals surface area contributed by atoms with Crippen molar-refractivity contribution >= 4 is 17.5 Å². The molecule has 0 aromatic heterocycles. The molecule has 4 aliphatic rings. The number of hydrogen-bond acceptors (Lipinski definition) is 6. The first-order valence-electron chi connectivity index (χ1n) is 10.3. The number of carbonyl (C=O) groups is 1. The molecule has 154 valence electrons. The molecule has 4 heterocycles. The number of piperidine rings is 2. The summed E-state index contributed by atoms with van der Waals surface area (Å²) in [6.45, 7) is 7.00. The second-order valence-corrected chi connectivity index (χ2v) is 8.87. The van der Waals surface area contributed by atoms with E-state index in [2.05, 4.69) is 38.2 Å². The first-order valence-corrected chi connectivity index (χ1v) is 10.8. The molecular weight excluding hydrogens is 371 g/mol. The number of nitrogens with zero attached hydrogens (tertiary/aromatic N) is 2. The second kappa shape index (κ2) is 8.47. The summed E-state index contributed by atoms with van der Waals surface area (Å²) in [4.78, 5) is 16.8. The minimum atomic E-state index is -0.725. The average Bonchev–Trinajstić information content (AvgIpc) is 3.08. The number of amides is 1. The van der Waals surface area contributed by atoms with Crippen molar-refractivity contribution in [1.82, 2.24) is 31.3 Å². The summed E-state index contributed by atoms with van der Waals surface area (Å²) in [6, 6.07) is 1.28. The molecule has 27 heavy (non-hydrogen) atoms. The number of rotatable bonds is 4. The van der Waals surface area contributed by atoms with E-state index >= 15 is 0 Å².